The second-order valence-corrected chi connectivity index (χ2v) is 5.66. The van der Waals surface area contributed by atoms with Gasteiger partial charge in [-0.15, -0.1) is 0 Å². The zero-order chi connectivity index (χ0) is 14.3. The molecule has 2 heterocycles. The first-order valence-corrected chi connectivity index (χ1v) is 6.98. The van der Waals surface area contributed by atoms with E-state index in [-0.39, 0.29) is 10.9 Å². The highest BCUT2D eigenvalue weighted by atomic mass is 32.1. The number of thiophene rings is 1. The first-order valence-electron chi connectivity index (χ1n) is 6.16. The number of hydrogen-bond acceptors (Lipinski definition) is 5. The summed E-state index contributed by atoms with van der Waals surface area (Å²) in [5.74, 6) is 0.361. The molecule has 3 rings (SSSR count). The standard InChI is InChI=1S/C12H12N4O3S/c1-15-11(7-3-2-4-8(7)14-15)13-12(17)9-5-6-10(20-9)16(18)19/h5-6H,2-4H2,1H3,(H,13,17). The molecule has 20 heavy (non-hydrogen) atoms. The molecule has 0 aliphatic heterocycles. The normalized spacial score (nSPS) is 13.2. The molecule has 0 radical (unpaired) electrons. The van der Waals surface area contributed by atoms with Crippen molar-refractivity contribution < 1.29 is 9.72 Å². The highest BCUT2D eigenvalue weighted by Gasteiger charge is 2.23. The molecule has 0 spiro atoms. The van der Waals surface area contributed by atoms with E-state index in [4.69, 9.17) is 0 Å². The zero-order valence-corrected chi connectivity index (χ0v) is 11.6. The third-order valence-corrected chi connectivity index (χ3v) is 4.33. The Morgan fingerprint density at radius 1 is 1.50 bits per heavy atom. The summed E-state index contributed by atoms with van der Waals surface area (Å²) >= 11 is 0.869. The maximum atomic E-state index is 12.1. The van der Waals surface area contributed by atoms with Crippen LogP contribution in [-0.2, 0) is 19.9 Å². The minimum Gasteiger partial charge on any atom is -0.306 e. The molecular weight excluding hydrogens is 280 g/mol. The number of fused-ring (bicyclic) bond motifs is 1. The molecular formula is C12H12N4O3S. The number of aromatic nitrogens is 2. The lowest BCUT2D eigenvalue weighted by molar-refractivity contribution is -0.380. The van der Waals surface area contributed by atoms with E-state index in [1.807, 2.05) is 0 Å². The van der Waals surface area contributed by atoms with Gasteiger partial charge in [0, 0.05) is 18.7 Å². The molecule has 2 aromatic heterocycles. The molecule has 0 bridgehead atoms. The maximum Gasteiger partial charge on any atom is 0.324 e. The summed E-state index contributed by atoms with van der Waals surface area (Å²) in [5.41, 5.74) is 2.10. The molecule has 0 atom stereocenters. The first-order chi connectivity index (χ1) is 9.56. The second-order valence-electron chi connectivity index (χ2n) is 4.60. The van der Waals surface area contributed by atoms with Crippen LogP contribution in [0.2, 0.25) is 0 Å². The molecule has 1 N–H and O–H groups in total. The minimum absolute atomic E-state index is 0.0367. The Labute approximate surface area is 118 Å². The first kappa shape index (κ1) is 12.8. The SMILES string of the molecule is Cn1nc2c(c1NC(=O)c1ccc([N+](=O)[O-])s1)CCC2. The van der Waals surface area contributed by atoms with Crippen LogP contribution in [0.4, 0.5) is 10.8 Å². The number of rotatable bonds is 3. The lowest BCUT2D eigenvalue weighted by Gasteiger charge is -2.05. The number of nitrogens with one attached hydrogen (secondary N) is 1. The van der Waals surface area contributed by atoms with Crippen molar-refractivity contribution in [3.8, 4) is 0 Å². The van der Waals surface area contributed by atoms with Crippen LogP contribution in [0.5, 0.6) is 0 Å². The molecule has 2 aromatic rings. The number of anilines is 1. The van der Waals surface area contributed by atoms with Crippen molar-refractivity contribution in [2.75, 3.05) is 5.32 Å². The molecule has 7 nitrogen and oxygen atoms in total. The van der Waals surface area contributed by atoms with Gasteiger partial charge in [0.1, 0.15) is 5.82 Å². The Morgan fingerprint density at radius 2 is 2.30 bits per heavy atom. The highest BCUT2D eigenvalue weighted by molar-refractivity contribution is 7.17. The fourth-order valence-electron chi connectivity index (χ4n) is 2.39. The van der Waals surface area contributed by atoms with Crippen molar-refractivity contribution in [2.24, 2.45) is 7.05 Å². The fraction of sp³-hybridized carbons (Fsp3) is 0.333. The Morgan fingerprint density at radius 3 is 3.00 bits per heavy atom. The lowest BCUT2D eigenvalue weighted by Crippen LogP contribution is -2.14. The van der Waals surface area contributed by atoms with Gasteiger partial charge in [-0.25, -0.2) is 0 Å². The van der Waals surface area contributed by atoms with Gasteiger partial charge in [-0.3, -0.25) is 19.6 Å². The van der Waals surface area contributed by atoms with E-state index in [0.717, 1.165) is 41.9 Å². The van der Waals surface area contributed by atoms with Crippen LogP contribution in [-0.4, -0.2) is 20.6 Å². The van der Waals surface area contributed by atoms with Gasteiger partial charge in [-0.1, -0.05) is 11.3 Å². The molecule has 0 unspecified atom stereocenters. The molecule has 1 aliphatic rings. The monoisotopic (exact) mass is 292 g/mol. The fourth-order valence-corrected chi connectivity index (χ4v) is 3.11. The highest BCUT2D eigenvalue weighted by Crippen LogP contribution is 2.29. The van der Waals surface area contributed by atoms with Crippen LogP contribution in [0.25, 0.3) is 0 Å². The van der Waals surface area contributed by atoms with Crippen LogP contribution in [0.3, 0.4) is 0 Å². The van der Waals surface area contributed by atoms with Gasteiger partial charge in [-0.2, -0.15) is 5.10 Å². The zero-order valence-electron chi connectivity index (χ0n) is 10.8. The number of nitro groups is 1. The summed E-state index contributed by atoms with van der Waals surface area (Å²) in [6.07, 6.45) is 2.89. The quantitative estimate of drug-likeness (QED) is 0.693. The summed E-state index contributed by atoms with van der Waals surface area (Å²) < 4.78 is 1.66. The maximum absolute atomic E-state index is 12.1. The number of aryl methyl sites for hydroxylation is 2. The molecule has 0 saturated carbocycles. The molecule has 104 valence electrons. The van der Waals surface area contributed by atoms with Crippen molar-refractivity contribution in [2.45, 2.75) is 19.3 Å². The predicted molar refractivity (Wildman–Crippen MR) is 74.2 cm³/mol. The number of nitrogens with zero attached hydrogens (tertiary/aromatic N) is 3. The van der Waals surface area contributed by atoms with E-state index < -0.39 is 4.92 Å². The largest absolute Gasteiger partial charge is 0.324 e. The molecule has 0 fully saturated rings. The molecule has 0 aromatic carbocycles. The van der Waals surface area contributed by atoms with Crippen LogP contribution in [0, 0.1) is 10.1 Å². The van der Waals surface area contributed by atoms with Crippen LogP contribution in [0.1, 0.15) is 27.3 Å². The van der Waals surface area contributed by atoms with Gasteiger partial charge in [-0.05, 0) is 25.3 Å². The van der Waals surface area contributed by atoms with Crippen molar-refractivity contribution in [3.05, 3.63) is 38.4 Å². The van der Waals surface area contributed by atoms with E-state index >= 15 is 0 Å². The van der Waals surface area contributed by atoms with E-state index in [2.05, 4.69) is 10.4 Å². The third kappa shape index (κ3) is 2.07. The van der Waals surface area contributed by atoms with Crippen LogP contribution in [0.15, 0.2) is 12.1 Å². The molecule has 1 amide bonds. The Kier molecular flexibility index (Phi) is 3.01. The van der Waals surface area contributed by atoms with E-state index in [9.17, 15) is 14.9 Å². The van der Waals surface area contributed by atoms with Crippen molar-refractivity contribution in [3.63, 3.8) is 0 Å². The van der Waals surface area contributed by atoms with Gasteiger partial charge in [0.05, 0.1) is 15.5 Å². The summed E-state index contributed by atoms with van der Waals surface area (Å²) in [4.78, 5) is 22.6. The lowest BCUT2D eigenvalue weighted by atomic mass is 10.2. The van der Waals surface area contributed by atoms with Gasteiger partial charge in [0.15, 0.2) is 0 Å². The van der Waals surface area contributed by atoms with Crippen molar-refractivity contribution in [1.82, 2.24) is 9.78 Å². The summed E-state index contributed by atoms with van der Waals surface area (Å²) in [6, 6.07) is 2.81. The third-order valence-electron chi connectivity index (χ3n) is 3.30. The number of amides is 1. The van der Waals surface area contributed by atoms with Gasteiger partial charge in [0.2, 0.25) is 0 Å². The van der Waals surface area contributed by atoms with Crippen LogP contribution < -0.4 is 5.32 Å². The smallest absolute Gasteiger partial charge is 0.306 e. The van der Waals surface area contributed by atoms with Crippen LogP contribution >= 0.6 is 11.3 Å². The van der Waals surface area contributed by atoms with Gasteiger partial charge in [0.25, 0.3) is 5.91 Å². The Balaban J connectivity index is 1.84. The second kappa shape index (κ2) is 4.71. The Hall–Kier alpha value is -2.22. The van der Waals surface area contributed by atoms with E-state index in [0.29, 0.717) is 10.7 Å². The average Bonchev–Trinajstić information content (AvgIpc) is 3.07. The van der Waals surface area contributed by atoms with E-state index in [1.54, 1.807) is 11.7 Å². The minimum atomic E-state index is -0.497. The summed E-state index contributed by atoms with van der Waals surface area (Å²) in [6.45, 7) is 0. The number of carbonyl (C=O) groups excluding carboxylic acids is 1. The van der Waals surface area contributed by atoms with Gasteiger partial charge < -0.3 is 5.32 Å². The van der Waals surface area contributed by atoms with Crippen molar-refractivity contribution >= 4 is 28.1 Å². The van der Waals surface area contributed by atoms with E-state index in [1.165, 1.54) is 12.1 Å². The average molecular weight is 292 g/mol. The number of carbonyl (C=O) groups is 1. The van der Waals surface area contributed by atoms with Gasteiger partial charge >= 0.3 is 5.00 Å². The molecule has 8 heteroatoms. The summed E-state index contributed by atoms with van der Waals surface area (Å²) in [5, 5.41) is 17.8. The predicted octanol–water partition coefficient (Wildman–Crippen LogP) is 2.13. The van der Waals surface area contributed by atoms with Crippen molar-refractivity contribution in [1.29, 1.82) is 0 Å². The number of hydrogen-bond donors (Lipinski definition) is 1. The Bertz CT molecular complexity index is 704. The molecule has 0 saturated heterocycles. The topological polar surface area (TPSA) is 90.1 Å². The molecule has 1 aliphatic carbocycles. The summed E-state index contributed by atoms with van der Waals surface area (Å²) in [7, 11) is 1.78.